The van der Waals surface area contributed by atoms with Crippen molar-refractivity contribution in [2.45, 2.75) is 26.4 Å². The molecule has 0 saturated carbocycles. The van der Waals surface area contributed by atoms with Crippen LogP contribution < -0.4 is 0 Å². The van der Waals surface area contributed by atoms with Gasteiger partial charge in [0.05, 0.1) is 16.6 Å². The zero-order chi connectivity index (χ0) is 21.8. The van der Waals surface area contributed by atoms with Crippen molar-refractivity contribution >= 4 is 40.9 Å². The molecule has 1 aromatic carbocycles. The van der Waals surface area contributed by atoms with E-state index in [1.165, 1.54) is 12.1 Å². The number of carboxylic acid groups (broad SMARTS) is 1. The molecule has 1 saturated heterocycles. The van der Waals surface area contributed by atoms with E-state index >= 15 is 0 Å². The number of benzene rings is 1. The quantitative estimate of drug-likeness (QED) is 0.518. The van der Waals surface area contributed by atoms with Crippen molar-refractivity contribution in [2.75, 3.05) is 6.54 Å². The first kappa shape index (κ1) is 21.4. The number of rotatable bonds is 7. The van der Waals surface area contributed by atoms with Gasteiger partial charge in [-0.05, 0) is 43.3 Å². The minimum atomic E-state index is -1.09. The number of carbonyl (C=O) groups excluding carboxylic acids is 3. The minimum absolute atomic E-state index is 0.0820. The Hall–Kier alpha value is -3.33. The van der Waals surface area contributed by atoms with Crippen LogP contribution in [0.1, 0.15) is 36.4 Å². The van der Waals surface area contributed by atoms with Crippen LogP contribution in [-0.4, -0.2) is 45.7 Å². The molecule has 2 heterocycles. The van der Waals surface area contributed by atoms with Crippen molar-refractivity contribution in [1.82, 2.24) is 4.90 Å². The molecule has 1 N–H and O–H groups in total. The molecular weight excluding hydrogens is 410 g/mol. The molecule has 156 valence electrons. The number of thioether (sulfide) groups is 1. The molecule has 0 radical (unpaired) electrons. The summed E-state index contributed by atoms with van der Waals surface area (Å²) in [4.78, 5) is 48.9. The predicted molar refractivity (Wildman–Crippen MR) is 110 cm³/mol. The van der Waals surface area contributed by atoms with Gasteiger partial charge in [-0.1, -0.05) is 25.1 Å². The summed E-state index contributed by atoms with van der Waals surface area (Å²) in [6, 6.07) is 9.53. The molecule has 8 nitrogen and oxygen atoms in total. The number of imide groups is 1. The average Bonchev–Trinajstić information content (AvgIpc) is 3.28. The molecule has 2 aromatic rings. The van der Waals surface area contributed by atoms with Gasteiger partial charge in [0.2, 0.25) is 0 Å². The van der Waals surface area contributed by atoms with Crippen LogP contribution in [0.4, 0.5) is 4.79 Å². The van der Waals surface area contributed by atoms with Crippen molar-refractivity contribution in [2.24, 2.45) is 0 Å². The summed E-state index contributed by atoms with van der Waals surface area (Å²) in [5.41, 5.74) is 0.476. The van der Waals surface area contributed by atoms with Crippen LogP contribution in [0, 0.1) is 0 Å². The van der Waals surface area contributed by atoms with Crippen LogP contribution in [0.5, 0.6) is 0 Å². The van der Waals surface area contributed by atoms with Gasteiger partial charge in [0.1, 0.15) is 18.1 Å². The van der Waals surface area contributed by atoms with E-state index in [0.717, 1.165) is 4.90 Å². The molecule has 3 rings (SSSR count). The number of amides is 2. The van der Waals surface area contributed by atoms with Crippen LogP contribution >= 0.6 is 11.8 Å². The van der Waals surface area contributed by atoms with Crippen LogP contribution in [0.3, 0.4) is 0 Å². The lowest BCUT2D eigenvalue weighted by Crippen LogP contribution is -2.35. The number of hydrogen-bond acceptors (Lipinski definition) is 7. The first-order chi connectivity index (χ1) is 14.3. The van der Waals surface area contributed by atoms with E-state index in [-0.39, 0.29) is 22.3 Å². The molecule has 30 heavy (non-hydrogen) atoms. The van der Waals surface area contributed by atoms with Crippen molar-refractivity contribution in [3.8, 4) is 11.3 Å². The Balaban J connectivity index is 1.77. The summed E-state index contributed by atoms with van der Waals surface area (Å²) in [5, 5.41) is 8.74. The Kier molecular flexibility index (Phi) is 6.41. The van der Waals surface area contributed by atoms with Crippen LogP contribution in [0.2, 0.25) is 0 Å². The summed E-state index contributed by atoms with van der Waals surface area (Å²) < 4.78 is 10.8. The van der Waals surface area contributed by atoms with E-state index in [2.05, 4.69) is 0 Å². The number of hydrogen-bond donors (Lipinski definition) is 1. The lowest BCUT2D eigenvalue weighted by Gasteiger charge is -2.14. The van der Waals surface area contributed by atoms with E-state index in [1.807, 2.05) is 6.92 Å². The fourth-order valence-corrected chi connectivity index (χ4v) is 3.52. The molecule has 0 unspecified atom stereocenters. The van der Waals surface area contributed by atoms with Crippen LogP contribution in [0.15, 0.2) is 45.7 Å². The summed E-state index contributed by atoms with van der Waals surface area (Å²) >= 11 is 0.693. The first-order valence-corrected chi connectivity index (χ1v) is 9.99. The number of esters is 1. The van der Waals surface area contributed by atoms with Gasteiger partial charge < -0.3 is 14.3 Å². The monoisotopic (exact) mass is 429 g/mol. The molecule has 1 atom stereocenters. The summed E-state index contributed by atoms with van der Waals surface area (Å²) in [6.45, 7) is 3.12. The minimum Gasteiger partial charge on any atom is -0.478 e. The van der Waals surface area contributed by atoms with Gasteiger partial charge in [-0.2, -0.15) is 0 Å². The second-order valence-corrected chi connectivity index (χ2v) is 7.52. The Morgan fingerprint density at radius 2 is 1.97 bits per heavy atom. The van der Waals surface area contributed by atoms with Crippen molar-refractivity contribution in [1.29, 1.82) is 0 Å². The third kappa shape index (κ3) is 4.62. The zero-order valence-electron chi connectivity index (χ0n) is 16.3. The number of aromatic carboxylic acids is 1. The Morgan fingerprint density at radius 1 is 1.23 bits per heavy atom. The number of nitrogens with zero attached hydrogens (tertiary/aromatic N) is 1. The second kappa shape index (κ2) is 9.00. The largest absolute Gasteiger partial charge is 0.478 e. The normalized spacial score (nSPS) is 16.2. The van der Waals surface area contributed by atoms with Crippen molar-refractivity contribution < 1.29 is 33.4 Å². The van der Waals surface area contributed by atoms with Crippen molar-refractivity contribution in [3.63, 3.8) is 0 Å². The van der Waals surface area contributed by atoms with E-state index in [9.17, 15) is 24.3 Å². The lowest BCUT2D eigenvalue weighted by molar-refractivity contribution is -0.150. The SMILES string of the molecule is CC[C@@H](C)OC(=O)CN1C(=O)S/C(=C\c2ccc(-c3ccccc3C(=O)O)o2)C1=O. The maximum absolute atomic E-state index is 12.5. The third-order valence-electron chi connectivity index (χ3n) is 4.39. The highest BCUT2D eigenvalue weighted by Gasteiger charge is 2.37. The number of carbonyl (C=O) groups is 4. The van der Waals surface area contributed by atoms with Gasteiger partial charge in [-0.15, -0.1) is 0 Å². The van der Waals surface area contributed by atoms with Crippen LogP contribution in [0.25, 0.3) is 17.4 Å². The summed E-state index contributed by atoms with van der Waals surface area (Å²) in [6.07, 6.45) is 1.71. The number of ether oxygens (including phenoxy) is 1. The highest BCUT2D eigenvalue weighted by Crippen LogP contribution is 2.33. The van der Waals surface area contributed by atoms with E-state index in [4.69, 9.17) is 9.15 Å². The van der Waals surface area contributed by atoms with Gasteiger partial charge >= 0.3 is 11.9 Å². The Labute approximate surface area is 176 Å². The molecular formula is C21H19NO7S. The van der Waals surface area contributed by atoms with Gasteiger partial charge in [-0.25, -0.2) is 4.79 Å². The molecule has 1 aliphatic rings. The maximum atomic E-state index is 12.5. The summed E-state index contributed by atoms with van der Waals surface area (Å²) in [5.74, 6) is -1.77. The molecule has 0 bridgehead atoms. The fourth-order valence-electron chi connectivity index (χ4n) is 2.70. The van der Waals surface area contributed by atoms with Gasteiger partial charge in [0.25, 0.3) is 11.1 Å². The summed E-state index contributed by atoms with van der Waals surface area (Å²) in [7, 11) is 0. The van der Waals surface area contributed by atoms with Crippen molar-refractivity contribution in [3.05, 3.63) is 52.6 Å². The van der Waals surface area contributed by atoms with Gasteiger partial charge in [-0.3, -0.25) is 19.3 Å². The highest BCUT2D eigenvalue weighted by molar-refractivity contribution is 8.18. The molecule has 1 aliphatic heterocycles. The Morgan fingerprint density at radius 3 is 2.67 bits per heavy atom. The number of carboxylic acids is 1. The van der Waals surface area contributed by atoms with E-state index in [1.54, 1.807) is 37.3 Å². The predicted octanol–water partition coefficient (Wildman–Crippen LogP) is 4.02. The molecule has 0 spiro atoms. The fraction of sp³-hybridized carbons (Fsp3) is 0.238. The zero-order valence-corrected chi connectivity index (χ0v) is 17.1. The molecule has 1 aromatic heterocycles. The van der Waals surface area contributed by atoms with E-state index < -0.39 is 29.6 Å². The van der Waals surface area contributed by atoms with Gasteiger partial charge in [0, 0.05) is 11.6 Å². The maximum Gasteiger partial charge on any atom is 0.336 e. The smallest absolute Gasteiger partial charge is 0.336 e. The molecule has 9 heteroatoms. The number of furan rings is 1. The molecule has 2 amide bonds. The van der Waals surface area contributed by atoms with Crippen LogP contribution in [-0.2, 0) is 14.3 Å². The van der Waals surface area contributed by atoms with Gasteiger partial charge in [0.15, 0.2) is 0 Å². The average molecular weight is 429 g/mol. The first-order valence-electron chi connectivity index (χ1n) is 9.17. The third-order valence-corrected chi connectivity index (χ3v) is 5.30. The topological polar surface area (TPSA) is 114 Å². The molecule has 0 aliphatic carbocycles. The molecule has 1 fully saturated rings. The second-order valence-electron chi connectivity index (χ2n) is 6.53. The standard InChI is InChI=1S/C21H19NO7S/c1-3-12(2)28-18(23)11-22-19(24)17(30-21(22)27)10-13-8-9-16(29-13)14-6-4-5-7-15(14)20(25)26/h4-10,12H,3,11H2,1-2H3,(H,25,26)/b17-10-/t12-/m1/s1. The Bertz CT molecular complexity index is 1040. The lowest BCUT2D eigenvalue weighted by atomic mass is 10.1. The van der Waals surface area contributed by atoms with E-state index in [0.29, 0.717) is 29.5 Å². The highest BCUT2D eigenvalue weighted by atomic mass is 32.2.